The highest BCUT2D eigenvalue weighted by atomic mass is 16.5. The van der Waals surface area contributed by atoms with Crippen LogP contribution in [0.4, 0.5) is 0 Å². The van der Waals surface area contributed by atoms with E-state index in [9.17, 15) is 0 Å². The molecule has 0 amide bonds. The number of methoxy groups -OCH3 is 1. The summed E-state index contributed by atoms with van der Waals surface area (Å²) >= 11 is 0. The summed E-state index contributed by atoms with van der Waals surface area (Å²) in [5.41, 5.74) is 4.64. The first-order valence-electron chi connectivity index (χ1n) is 8.32. The summed E-state index contributed by atoms with van der Waals surface area (Å²) in [7, 11) is 1.64. The molecule has 0 aliphatic rings. The van der Waals surface area contributed by atoms with Crippen LogP contribution in [0, 0.1) is 13.8 Å². The van der Waals surface area contributed by atoms with Crippen molar-refractivity contribution in [3.63, 3.8) is 0 Å². The first-order valence-corrected chi connectivity index (χ1v) is 8.32. The number of aryl methyl sites for hydroxylation is 2. The molecule has 132 valence electrons. The second-order valence-corrected chi connectivity index (χ2v) is 6.02. The molecule has 3 aromatic heterocycles. The van der Waals surface area contributed by atoms with E-state index in [2.05, 4.69) is 10.1 Å². The first-order chi connectivity index (χ1) is 12.7. The Morgan fingerprint density at radius 1 is 1.15 bits per heavy atom. The minimum atomic E-state index is 0.376. The van der Waals surface area contributed by atoms with E-state index in [0.717, 1.165) is 45.4 Å². The lowest BCUT2D eigenvalue weighted by Gasteiger charge is -2.14. The van der Waals surface area contributed by atoms with Crippen molar-refractivity contribution in [2.45, 2.75) is 20.5 Å². The maximum atomic E-state index is 6.15. The quantitative estimate of drug-likeness (QED) is 0.540. The highest BCUT2D eigenvalue weighted by Gasteiger charge is 2.14. The number of fused-ring (bicyclic) bond motifs is 1. The molecule has 3 heterocycles. The fourth-order valence-corrected chi connectivity index (χ4v) is 2.99. The van der Waals surface area contributed by atoms with E-state index in [4.69, 9.17) is 14.0 Å². The summed E-state index contributed by atoms with van der Waals surface area (Å²) in [5.74, 6) is 2.23. The zero-order valence-electron chi connectivity index (χ0n) is 14.9. The highest BCUT2D eigenvalue weighted by Crippen LogP contribution is 2.34. The van der Waals surface area contributed by atoms with Gasteiger partial charge in [0.05, 0.1) is 24.1 Å². The molecule has 0 spiro atoms. The Morgan fingerprint density at radius 2 is 2.04 bits per heavy atom. The van der Waals surface area contributed by atoms with E-state index in [0.29, 0.717) is 6.61 Å². The average molecular weight is 349 g/mol. The topological polar surface area (TPSA) is 61.8 Å². The van der Waals surface area contributed by atoms with Gasteiger partial charge in [0.2, 0.25) is 0 Å². The monoisotopic (exact) mass is 349 g/mol. The van der Waals surface area contributed by atoms with Gasteiger partial charge in [-0.2, -0.15) is 0 Å². The van der Waals surface area contributed by atoms with Crippen molar-refractivity contribution >= 4 is 5.65 Å². The fraction of sp³-hybridized carbons (Fsp3) is 0.200. The van der Waals surface area contributed by atoms with E-state index in [1.54, 1.807) is 13.3 Å². The number of benzene rings is 1. The maximum absolute atomic E-state index is 6.15. The minimum Gasteiger partial charge on any atom is -0.497 e. The van der Waals surface area contributed by atoms with Crippen LogP contribution >= 0.6 is 0 Å². The van der Waals surface area contributed by atoms with Crippen LogP contribution < -0.4 is 9.47 Å². The van der Waals surface area contributed by atoms with Crippen LogP contribution in [0.1, 0.15) is 17.0 Å². The molecule has 0 fully saturated rings. The Kier molecular flexibility index (Phi) is 4.08. The number of ether oxygens (including phenoxy) is 2. The molecular formula is C20H19N3O3. The predicted molar refractivity (Wildman–Crippen MR) is 97.5 cm³/mol. The molecule has 0 atom stereocenters. The molecule has 0 bridgehead atoms. The van der Waals surface area contributed by atoms with Gasteiger partial charge in [0.25, 0.3) is 0 Å². The van der Waals surface area contributed by atoms with Crippen LogP contribution in [0.5, 0.6) is 11.5 Å². The van der Waals surface area contributed by atoms with Crippen molar-refractivity contribution in [1.29, 1.82) is 0 Å². The van der Waals surface area contributed by atoms with Gasteiger partial charge in [-0.15, -0.1) is 0 Å². The number of hydrogen-bond acceptors (Lipinski definition) is 5. The normalized spacial score (nSPS) is 11.0. The summed E-state index contributed by atoms with van der Waals surface area (Å²) in [6, 6.07) is 11.8. The summed E-state index contributed by atoms with van der Waals surface area (Å²) in [4.78, 5) is 4.35. The summed E-state index contributed by atoms with van der Waals surface area (Å²) in [6.45, 7) is 4.17. The molecule has 26 heavy (non-hydrogen) atoms. The van der Waals surface area contributed by atoms with Gasteiger partial charge in [0.15, 0.2) is 0 Å². The molecule has 4 aromatic rings. The third-order valence-corrected chi connectivity index (χ3v) is 4.45. The summed E-state index contributed by atoms with van der Waals surface area (Å²) in [6.07, 6.45) is 3.72. The second kappa shape index (κ2) is 6.55. The van der Waals surface area contributed by atoms with Gasteiger partial charge >= 0.3 is 0 Å². The third-order valence-electron chi connectivity index (χ3n) is 4.45. The number of imidazole rings is 1. The Hall–Kier alpha value is -3.28. The van der Waals surface area contributed by atoms with Crippen molar-refractivity contribution in [2.75, 3.05) is 7.11 Å². The zero-order valence-corrected chi connectivity index (χ0v) is 14.9. The molecule has 0 aliphatic carbocycles. The minimum absolute atomic E-state index is 0.376. The molecule has 0 aliphatic heterocycles. The fourth-order valence-electron chi connectivity index (χ4n) is 2.99. The molecule has 0 saturated carbocycles. The average Bonchev–Trinajstić information content (AvgIpc) is 3.26. The van der Waals surface area contributed by atoms with E-state index < -0.39 is 0 Å². The van der Waals surface area contributed by atoms with E-state index in [1.807, 2.05) is 60.8 Å². The lowest BCUT2D eigenvalue weighted by molar-refractivity contribution is 0.300. The van der Waals surface area contributed by atoms with E-state index >= 15 is 0 Å². The van der Waals surface area contributed by atoms with E-state index in [1.165, 1.54) is 0 Å². The van der Waals surface area contributed by atoms with Crippen LogP contribution in [-0.4, -0.2) is 21.7 Å². The van der Waals surface area contributed by atoms with Crippen LogP contribution in [-0.2, 0) is 6.61 Å². The molecule has 0 unspecified atom stereocenters. The molecular weight excluding hydrogens is 330 g/mol. The van der Waals surface area contributed by atoms with Crippen molar-refractivity contribution in [1.82, 2.24) is 14.5 Å². The Morgan fingerprint density at radius 3 is 2.81 bits per heavy atom. The predicted octanol–water partition coefficient (Wildman–Crippen LogP) is 4.19. The SMILES string of the molecule is COc1ccc(-c2cccc3nccn23)c(OCc2c(C)noc2C)c1. The van der Waals surface area contributed by atoms with Crippen LogP contribution in [0.2, 0.25) is 0 Å². The molecule has 0 radical (unpaired) electrons. The van der Waals surface area contributed by atoms with Crippen molar-refractivity contribution in [2.24, 2.45) is 0 Å². The maximum Gasteiger partial charge on any atom is 0.140 e. The lowest BCUT2D eigenvalue weighted by Crippen LogP contribution is -2.01. The molecule has 4 rings (SSSR count). The molecule has 6 heteroatoms. The molecule has 0 N–H and O–H groups in total. The zero-order chi connectivity index (χ0) is 18.1. The largest absolute Gasteiger partial charge is 0.497 e. The van der Waals surface area contributed by atoms with Gasteiger partial charge in [-0.1, -0.05) is 11.2 Å². The smallest absolute Gasteiger partial charge is 0.140 e. The number of aromatic nitrogens is 3. The van der Waals surface area contributed by atoms with E-state index in [-0.39, 0.29) is 0 Å². The number of rotatable bonds is 5. The van der Waals surface area contributed by atoms with Gasteiger partial charge in [0, 0.05) is 24.0 Å². The van der Waals surface area contributed by atoms with Gasteiger partial charge < -0.3 is 14.0 Å². The van der Waals surface area contributed by atoms with Gasteiger partial charge in [0.1, 0.15) is 29.5 Å². The second-order valence-electron chi connectivity index (χ2n) is 6.02. The highest BCUT2D eigenvalue weighted by molar-refractivity contribution is 5.71. The van der Waals surface area contributed by atoms with Crippen LogP contribution in [0.25, 0.3) is 16.9 Å². The van der Waals surface area contributed by atoms with Crippen LogP contribution in [0.3, 0.4) is 0 Å². The summed E-state index contributed by atoms with van der Waals surface area (Å²) < 4.78 is 18.8. The van der Waals surface area contributed by atoms with Gasteiger partial charge in [-0.25, -0.2) is 4.98 Å². The van der Waals surface area contributed by atoms with Gasteiger partial charge in [-0.3, -0.25) is 4.40 Å². The van der Waals surface area contributed by atoms with Crippen molar-refractivity contribution < 1.29 is 14.0 Å². The Bertz CT molecular complexity index is 1050. The van der Waals surface area contributed by atoms with Gasteiger partial charge in [-0.05, 0) is 38.1 Å². The lowest BCUT2D eigenvalue weighted by atomic mass is 10.1. The van der Waals surface area contributed by atoms with Crippen LogP contribution in [0.15, 0.2) is 53.3 Å². The molecule has 0 saturated heterocycles. The molecule has 6 nitrogen and oxygen atoms in total. The molecule has 1 aromatic carbocycles. The number of pyridine rings is 1. The van der Waals surface area contributed by atoms with Crippen molar-refractivity contribution in [3.05, 3.63) is 65.8 Å². The first kappa shape index (κ1) is 16.2. The number of hydrogen-bond donors (Lipinski definition) is 0. The third kappa shape index (κ3) is 2.79. The Labute approximate surface area is 151 Å². The van der Waals surface area contributed by atoms with Crippen molar-refractivity contribution in [3.8, 4) is 22.8 Å². The Balaban J connectivity index is 1.77. The number of nitrogens with zero attached hydrogens (tertiary/aromatic N) is 3. The standard InChI is InChI=1S/C20H19N3O3/c1-13-17(14(2)26-22-13)12-25-19-11-15(24-3)7-8-16(19)18-5-4-6-20-21-9-10-23(18)20/h4-11H,12H2,1-3H3. The summed E-state index contributed by atoms with van der Waals surface area (Å²) in [5, 5.41) is 3.98.